The fourth-order valence-electron chi connectivity index (χ4n) is 2.09. The zero-order valence-corrected chi connectivity index (χ0v) is 11.0. The van der Waals surface area contributed by atoms with E-state index in [4.69, 9.17) is 4.74 Å². The lowest BCUT2D eigenvalue weighted by Crippen LogP contribution is -2.23. The van der Waals surface area contributed by atoms with Crippen LogP contribution in [0.25, 0.3) is 0 Å². The molecule has 0 bridgehead atoms. The molecule has 0 aliphatic heterocycles. The Kier molecular flexibility index (Phi) is 3.99. The molecule has 4 heteroatoms. The zero-order valence-electron chi connectivity index (χ0n) is 11.0. The maximum atomic E-state index is 5.38. The molecule has 0 aliphatic carbocycles. The Hall–Kier alpha value is -1.81. The molecule has 1 heterocycles. The molecule has 1 aromatic carbocycles. The first-order valence-corrected chi connectivity index (χ1v) is 6.10. The maximum Gasteiger partial charge on any atom is 0.123 e. The van der Waals surface area contributed by atoms with Gasteiger partial charge in [0.1, 0.15) is 5.75 Å². The first kappa shape index (κ1) is 12.6. The monoisotopic (exact) mass is 245 g/mol. The molecule has 0 radical (unpaired) electrons. The summed E-state index contributed by atoms with van der Waals surface area (Å²) in [4.78, 5) is 0. The van der Waals surface area contributed by atoms with E-state index in [-0.39, 0.29) is 12.1 Å². The van der Waals surface area contributed by atoms with Crippen LogP contribution >= 0.6 is 0 Å². The lowest BCUT2D eigenvalue weighted by atomic mass is 10.1. The molecule has 4 nitrogen and oxygen atoms in total. The number of benzene rings is 1. The van der Waals surface area contributed by atoms with E-state index in [0.29, 0.717) is 0 Å². The summed E-state index contributed by atoms with van der Waals surface area (Å²) >= 11 is 0. The highest BCUT2D eigenvalue weighted by Crippen LogP contribution is 2.26. The summed E-state index contributed by atoms with van der Waals surface area (Å²) in [5.41, 5.74) is 2.24. The van der Waals surface area contributed by atoms with E-state index in [2.05, 4.69) is 35.4 Å². The zero-order chi connectivity index (χ0) is 13.0. The van der Waals surface area contributed by atoms with Crippen molar-refractivity contribution in [3.8, 4) is 5.75 Å². The third-order valence-electron chi connectivity index (χ3n) is 3.09. The first-order valence-electron chi connectivity index (χ1n) is 6.10. The Balaban J connectivity index is 2.09. The van der Waals surface area contributed by atoms with Crippen LogP contribution < -0.4 is 10.1 Å². The van der Waals surface area contributed by atoms with Crippen molar-refractivity contribution in [3.63, 3.8) is 0 Å². The fraction of sp³-hybridized carbons (Fsp3) is 0.357. The van der Waals surface area contributed by atoms with Gasteiger partial charge in [-0.1, -0.05) is 18.2 Å². The smallest absolute Gasteiger partial charge is 0.123 e. The predicted molar refractivity (Wildman–Crippen MR) is 71.5 cm³/mol. The summed E-state index contributed by atoms with van der Waals surface area (Å²) in [5.74, 6) is 0.911. The number of methoxy groups -OCH3 is 1. The number of hydrogen-bond acceptors (Lipinski definition) is 3. The van der Waals surface area contributed by atoms with Gasteiger partial charge in [0.25, 0.3) is 0 Å². The molecule has 2 aromatic rings. The number of H-pyrrole nitrogens is 1. The first-order chi connectivity index (χ1) is 8.72. The summed E-state index contributed by atoms with van der Waals surface area (Å²) in [6.07, 6.45) is 1.77. The minimum Gasteiger partial charge on any atom is -0.496 e. The molecule has 0 amide bonds. The van der Waals surface area contributed by atoms with Crippen LogP contribution in [-0.2, 0) is 0 Å². The second kappa shape index (κ2) is 5.69. The molecule has 0 fully saturated rings. The van der Waals surface area contributed by atoms with Gasteiger partial charge in [-0.15, -0.1) is 0 Å². The third kappa shape index (κ3) is 2.71. The number of para-hydroxylation sites is 1. The van der Waals surface area contributed by atoms with Crippen molar-refractivity contribution in [2.45, 2.75) is 25.9 Å². The Bertz CT molecular complexity index is 482. The molecule has 96 valence electrons. The third-order valence-corrected chi connectivity index (χ3v) is 3.09. The van der Waals surface area contributed by atoms with Gasteiger partial charge < -0.3 is 10.1 Å². The van der Waals surface area contributed by atoms with Crippen molar-refractivity contribution in [1.29, 1.82) is 0 Å². The molecular weight excluding hydrogens is 226 g/mol. The maximum absolute atomic E-state index is 5.38. The summed E-state index contributed by atoms with van der Waals surface area (Å²) in [6.45, 7) is 4.24. The minimum absolute atomic E-state index is 0.208. The van der Waals surface area contributed by atoms with Crippen molar-refractivity contribution in [1.82, 2.24) is 15.5 Å². The summed E-state index contributed by atoms with van der Waals surface area (Å²) < 4.78 is 5.38. The SMILES string of the molecule is COc1ccccc1C(C)NC(C)c1ccn[nH]1. The van der Waals surface area contributed by atoms with E-state index in [1.807, 2.05) is 24.3 Å². The van der Waals surface area contributed by atoms with Crippen molar-refractivity contribution in [2.24, 2.45) is 0 Å². The second-order valence-electron chi connectivity index (χ2n) is 4.36. The highest BCUT2D eigenvalue weighted by molar-refractivity contribution is 5.35. The van der Waals surface area contributed by atoms with Gasteiger partial charge in [-0.25, -0.2) is 0 Å². The van der Waals surface area contributed by atoms with Gasteiger partial charge in [-0.05, 0) is 26.0 Å². The molecular formula is C14H19N3O. The number of rotatable bonds is 5. The lowest BCUT2D eigenvalue weighted by molar-refractivity contribution is 0.396. The standard InChI is InChI=1S/C14H19N3O/c1-10(12-6-4-5-7-14(12)18-3)16-11(2)13-8-9-15-17-13/h4-11,16H,1-3H3,(H,15,17). The highest BCUT2D eigenvalue weighted by Gasteiger charge is 2.14. The summed E-state index contributed by atoms with van der Waals surface area (Å²) in [6, 6.07) is 10.5. The van der Waals surface area contributed by atoms with Crippen LogP contribution in [0, 0.1) is 0 Å². The number of hydrogen-bond donors (Lipinski definition) is 2. The van der Waals surface area contributed by atoms with E-state index >= 15 is 0 Å². The average molecular weight is 245 g/mol. The Labute approximate surface area is 107 Å². The number of nitrogens with zero attached hydrogens (tertiary/aromatic N) is 1. The van der Waals surface area contributed by atoms with Crippen LogP contribution in [0.5, 0.6) is 5.75 Å². The molecule has 2 N–H and O–H groups in total. The number of aromatic nitrogens is 2. The van der Waals surface area contributed by atoms with E-state index in [1.165, 1.54) is 0 Å². The normalized spacial score (nSPS) is 14.2. The largest absolute Gasteiger partial charge is 0.496 e. The van der Waals surface area contributed by atoms with Crippen LogP contribution in [0.3, 0.4) is 0 Å². The molecule has 0 saturated carbocycles. The average Bonchev–Trinajstić information content (AvgIpc) is 2.92. The Morgan fingerprint density at radius 3 is 2.61 bits per heavy atom. The quantitative estimate of drug-likeness (QED) is 0.851. The van der Waals surface area contributed by atoms with Gasteiger partial charge in [-0.2, -0.15) is 5.10 Å². The van der Waals surface area contributed by atoms with Gasteiger partial charge in [-0.3, -0.25) is 5.10 Å². The van der Waals surface area contributed by atoms with E-state index < -0.39 is 0 Å². The van der Waals surface area contributed by atoms with Crippen LogP contribution in [0.1, 0.15) is 37.2 Å². The minimum atomic E-state index is 0.208. The Morgan fingerprint density at radius 1 is 1.17 bits per heavy atom. The highest BCUT2D eigenvalue weighted by atomic mass is 16.5. The molecule has 2 unspecified atom stereocenters. The summed E-state index contributed by atoms with van der Waals surface area (Å²) in [5, 5.41) is 10.5. The molecule has 2 rings (SSSR count). The van der Waals surface area contributed by atoms with Gasteiger partial charge in [0.2, 0.25) is 0 Å². The predicted octanol–water partition coefficient (Wildman–Crippen LogP) is 2.83. The van der Waals surface area contributed by atoms with E-state index in [9.17, 15) is 0 Å². The van der Waals surface area contributed by atoms with Gasteiger partial charge >= 0.3 is 0 Å². The lowest BCUT2D eigenvalue weighted by Gasteiger charge is -2.21. The topological polar surface area (TPSA) is 49.9 Å². The number of aromatic amines is 1. The fourth-order valence-corrected chi connectivity index (χ4v) is 2.09. The van der Waals surface area contributed by atoms with Crippen LogP contribution in [0.4, 0.5) is 0 Å². The van der Waals surface area contributed by atoms with Crippen LogP contribution in [0.15, 0.2) is 36.5 Å². The number of ether oxygens (including phenoxy) is 1. The van der Waals surface area contributed by atoms with Crippen molar-refractivity contribution < 1.29 is 4.74 Å². The van der Waals surface area contributed by atoms with Crippen molar-refractivity contribution in [2.75, 3.05) is 7.11 Å². The number of nitrogens with one attached hydrogen (secondary N) is 2. The molecule has 18 heavy (non-hydrogen) atoms. The van der Waals surface area contributed by atoms with Crippen molar-refractivity contribution in [3.05, 3.63) is 47.8 Å². The molecule has 0 saturated heterocycles. The second-order valence-corrected chi connectivity index (χ2v) is 4.36. The van der Waals surface area contributed by atoms with Crippen LogP contribution in [-0.4, -0.2) is 17.3 Å². The summed E-state index contributed by atoms with van der Waals surface area (Å²) in [7, 11) is 1.70. The van der Waals surface area contributed by atoms with Gasteiger partial charge in [0.15, 0.2) is 0 Å². The molecule has 2 atom stereocenters. The van der Waals surface area contributed by atoms with Gasteiger partial charge in [0.05, 0.1) is 12.8 Å². The molecule has 0 aliphatic rings. The van der Waals surface area contributed by atoms with E-state index in [0.717, 1.165) is 17.0 Å². The van der Waals surface area contributed by atoms with Gasteiger partial charge in [0, 0.05) is 23.8 Å². The van der Waals surface area contributed by atoms with Crippen molar-refractivity contribution >= 4 is 0 Å². The van der Waals surface area contributed by atoms with Crippen LogP contribution in [0.2, 0.25) is 0 Å². The molecule has 0 spiro atoms. The Morgan fingerprint density at radius 2 is 1.94 bits per heavy atom. The van der Waals surface area contributed by atoms with E-state index in [1.54, 1.807) is 13.3 Å². The molecule has 1 aromatic heterocycles.